The highest BCUT2D eigenvalue weighted by molar-refractivity contribution is 7.99. The fraction of sp³-hybridized carbons (Fsp3) is 0.462. The van der Waals surface area contributed by atoms with Gasteiger partial charge in [-0.2, -0.15) is 0 Å². The predicted molar refractivity (Wildman–Crippen MR) is 132 cm³/mol. The highest BCUT2D eigenvalue weighted by atomic mass is 32.2. The summed E-state index contributed by atoms with van der Waals surface area (Å²) in [6, 6.07) is 13.0. The van der Waals surface area contributed by atoms with Crippen molar-refractivity contribution in [1.82, 2.24) is 0 Å². The quantitative estimate of drug-likeness (QED) is 0.346. The van der Waals surface area contributed by atoms with Gasteiger partial charge in [-0.05, 0) is 74.2 Å². The number of quaternary nitrogens is 1. The molecule has 2 aromatic rings. The average Bonchev–Trinajstić information content (AvgIpc) is 2.76. The van der Waals surface area contributed by atoms with E-state index in [1.807, 2.05) is 0 Å². The van der Waals surface area contributed by atoms with Crippen LogP contribution in [0.2, 0.25) is 0 Å². The largest absolute Gasteiger partial charge is 0.478 e. The summed E-state index contributed by atoms with van der Waals surface area (Å²) in [5, 5.41) is 17.6. The van der Waals surface area contributed by atoms with E-state index in [9.17, 15) is 9.59 Å². The van der Waals surface area contributed by atoms with Crippen molar-refractivity contribution in [3.8, 4) is 0 Å². The topological polar surface area (TPSA) is 74.6 Å². The van der Waals surface area contributed by atoms with Crippen molar-refractivity contribution in [3.05, 3.63) is 59.7 Å². The van der Waals surface area contributed by atoms with E-state index in [0.29, 0.717) is 0 Å². The average molecular weight is 461 g/mol. The molecule has 0 aliphatic carbocycles. The molecule has 0 heterocycles. The predicted octanol–water partition coefficient (Wildman–Crippen LogP) is 6.68. The zero-order chi connectivity index (χ0) is 24.0. The normalized spacial score (nSPS) is 10.9. The molecule has 0 amide bonds. The number of aromatic carboxylic acids is 2. The van der Waals surface area contributed by atoms with E-state index in [1.165, 1.54) is 92.4 Å². The SMILES string of the molecule is CCC[N+](CCC)(CCC)CCC.O=C(O)c1ccc(Sc2ccc(C(=O)O)cc2)cc1. The molecule has 0 saturated heterocycles. The van der Waals surface area contributed by atoms with Crippen molar-refractivity contribution in [2.75, 3.05) is 26.2 Å². The van der Waals surface area contributed by atoms with Gasteiger partial charge >= 0.3 is 11.9 Å². The standard InChI is InChI=1S/C14H10O4S.C12H28N/c15-13(16)9-1-5-11(6-2-9)19-12-7-3-10(4-8-12)14(17)18;1-5-9-13(10-6-2,11-7-3)12-8-4/h1-8H,(H,15,16)(H,17,18);5-12H2,1-4H3/q;+1. The lowest BCUT2D eigenvalue weighted by Gasteiger charge is -2.38. The van der Waals surface area contributed by atoms with Gasteiger partial charge in [0.25, 0.3) is 0 Å². The molecule has 0 saturated carbocycles. The lowest BCUT2D eigenvalue weighted by Crippen LogP contribution is -2.50. The molecule has 0 spiro atoms. The van der Waals surface area contributed by atoms with Gasteiger partial charge in [-0.15, -0.1) is 0 Å². The third-order valence-electron chi connectivity index (χ3n) is 5.23. The number of carbonyl (C=O) groups is 2. The van der Waals surface area contributed by atoms with Crippen LogP contribution in [0.3, 0.4) is 0 Å². The van der Waals surface area contributed by atoms with Crippen molar-refractivity contribution in [2.45, 2.75) is 63.2 Å². The summed E-state index contributed by atoms with van der Waals surface area (Å²) in [5.41, 5.74) is 0.483. The minimum atomic E-state index is -0.956. The van der Waals surface area contributed by atoms with E-state index >= 15 is 0 Å². The van der Waals surface area contributed by atoms with Crippen LogP contribution in [0.25, 0.3) is 0 Å². The van der Waals surface area contributed by atoms with E-state index in [4.69, 9.17) is 10.2 Å². The molecule has 0 radical (unpaired) electrons. The van der Waals surface area contributed by atoms with Gasteiger partial charge in [-0.1, -0.05) is 39.5 Å². The second-order valence-corrected chi connectivity index (χ2v) is 9.14. The maximum atomic E-state index is 10.7. The number of hydrogen-bond acceptors (Lipinski definition) is 3. The minimum Gasteiger partial charge on any atom is -0.478 e. The molecule has 2 rings (SSSR count). The van der Waals surface area contributed by atoms with E-state index in [0.717, 1.165) is 9.79 Å². The molecule has 5 nitrogen and oxygen atoms in total. The number of carboxylic acids is 2. The minimum absolute atomic E-state index is 0.241. The Hall–Kier alpha value is -2.31. The Bertz CT molecular complexity index is 734. The maximum Gasteiger partial charge on any atom is 0.335 e. The molecule has 176 valence electrons. The first-order chi connectivity index (χ1) is 15.3. The molecule has 2 N–H and O–H groups in total. The Morgan fingerprint density at radius 2 is 0.906 bits per heavy atom. The van der Waals surface area contributed by atoms with Gasteiger partial charge in [0.2, 0.25) is 0 Å². The summed E-state index contributed by atoms with van der Waals surface area (Å²) in [5.74, 6) is -1.91. The molecule has 32 heavy (non-hydrogen) atoms. The Labute approximate surface area is 197 Å². The smallest absolute Gasteiger partial charge is 0.335 e. The van der Waals surface area contributed by atoms with E-state index in [2.05, 4.69) is 27.7 Å². The Morgan fingerprint density at radius 1 is 0.625 bits per heavy atom. The van der Waals surface area contributed by atoms with Gasteiger partial charge in [0.15, 0.2) is 0 Å². The van der Waals surface area contributed by atoms with Crippen LogP contribution in [-0.2, 0) is 0 Å². The van der Waals surface area contributed by atoms with Gasteiger partial charge in [-0.25, -0.2) is 9.59 Å². The third kappa shape index (κ3) is 9.45. The molecule has 0 aliphatic rings. The van der Waals surface area contributed by atoms with Crippen molar-refractivity contribution < 1.29 is 24.3 Å². The van der Waals surface area contributed by atoms with Crippen LogP contribution in [0.4, 0.5) is 0 Å². The van der Waals surface area contributed by atoms with E-state index < -0.39 is 11.9 Å². The van der Waals surface area contributed by atoms with Crippen LogP contribution in [0.1, 0.15) is 74.1 Å². The molecular formula is C26H38NO4S+. The second kappa shape index (κ2) is 14.7. The van der Waals surface area contributed by atoms with Gasteiger partial charge in [0.05, 0.1) is 37.3 Å². The van der Waals surface area contributed by atoms with Crippen molar-refractivity contribution >= 4 is 23.7 Å². The van der Waals surface area contributed by atoms with Crippen molar-refractivity contribution in [1.29, 1.82) is 0 Å². The summed E-state index contributed by atoms with van der Waals surface area (Å²) >= 11 is 1.44. The van der Waals surface area contributed by atoms with Gasteiger partial charge in [-0.3, -0.25) is 0 Å². The van der Waals surface area contributed by atoms with Crippen molar-refractivity contribution in [2.24, 2.45) is 0 Å². The number of nitrogens with zero attached hydrogens (tertiary/aromatic N) is 1. The molecule has 0 bridgehead atoms. The van der Waals surface area contributed by atoms with Gasteiger partial charge < -0.3 is 14.7 Å². The van der Waals surface area contributed by atoms with Crippen LogP contribution in [0.5, 0.6) is 0 Å². The molecular weight excluding hydrogens is 422 g/mol. The van der Waals surface area contributed by atoms with Crippen molar-refractivity contribution in [3.63, 3.8) is 0 Å². The van der Waals surface area contributed by atoms with Gasteiger partial charge in [0.1, 0.15) is 0 Å². The Kier molecular flexibility index (Phi) is 12.7. The molecule has 6 heteroatoms. The Balaban J connectivity index is 0.000000347. The highest BCUT2D eigenvalue weighted by Gasteiger charge is 2.22. The molecule has 2 aromatic carbocycles. The lowest BCUT2D eigenvalue weighted by molar-refractivity contribution is -0.928. The zero-order valence-electron chi connectivity index (χ0n) is 19.8. The van der Waals surface area contributed by atoms with Crippen LogP contribution < -0.4 is 0 Å². The first-order valence-corrected chi connectivity index (χ1v) is 12.3. The monoisotopic (exact) mass is 460 g/mol. The van der Waals surface area contributed by atoms with Crippen LogP contribution in [0, 0.1) is 0 Å². The fourth-order valence-corrected chi connectivity index (χ4v) is 4.85. The molecule has 0 atom stereocenters. The third-order valence-corrected chi connectivity index (χ3v) is 6.25. The number of rotatable bonds is 12. The van der Waals surface area contributed by atoms with Gasteiger partial charge in [0, 0.05) is 9.79 Å². The highest BCUT2D eigenvalue weighted by Crippen LogP contribution is 2.28. The molecule has 0 aromatic heterocycles. The number of benzene rings is 2. The Morgan fingerprint density at radius 3 is 1.12 bits per heavy atom. The fourth-order valence-electron chi connectivity index (χ4n) is 4.04. The maximum absolute atomic E-state index is 10.7. The molecule has 0 fully saturated rings. The summed E-state index contributed by atoms with van der Waals surface area (Å²) in [7, 11) is 0. The summed E-state index contributed by atoms with van der Waals surface area (Å²) in [6.45, 7) is 14.8. The van der Waals surface area contributed by atoms with Crippen LogP contribution >= 0.6 is 11.8 Å². The number of hydrogen-bond donors (Lipinski definition) is 2. The van der Waals surface area contributed by atoms with Crippen LogP contribution in [0.15, 0.2) is 58.3 Å². The van der Waals surface area contributed by atoms with E-state index in [-0.39, 0.29) is 11.1 Å². The summed E-state index contributed by atoms with van der Waals surface area (Å²) in [6.07, 6.45) is 5.33. The summed E-state index contributed by atoms with van der Waals surface area (Å²) < 4.78 is 1.38. The molecule has 0 unspecified atom stereocenters. The summed E-state index contributed by atoms with van der Waals surface area (Å²) in [4.78, 5) is 23.2. The number of carboxylic acid groups (broad SMARTS) is 2. The van der Waals surface area contributed by atoms with E-state index in [1.54, 1.807) is 24.3 Å². The second-order valence-electron chi connectivity index (χ2n) is 8.00. The first-order valence-electron chi connectivity index (χ1n) is 11.5. The molecule has 0 aliphatic heterocycles. The zero-order valence-corrected chi connectivity index (χ0v) is 20.7. The van der Waals surface area contributed by atoms with Crippen LogP contribution in [-0.4, -0.2) is 52.8 Å². The first kappa shape index (κ1) is 27.7. The lowest BCUT2D eigenvalue weighted by atomic mass is 10.2.